The Bertz CT molecular complexity index is 1020. The van der Waals surface area contributed by atoms with Crippen LogP contribution in [0.4, 0.5) is 4.79 Å². The zero-order valence-corrected chi connectivity index (χ0v) is 18.9. The van der Waals surface area contributed by atoms with Crippen LogP contribution in [0.3, 0.4) is 0 Å². The number of aryl methyl sites for hydroxylation is 4. The van der Waals surface area contributed by atoms with Crippen LogP contribution in [0.2, 0.25) is 0 Å². The topological polar surface area (TPSA) is 63.5 Å². The van der Waals surface area contributed by atoms with Gasteiger partial charge >= 0.3 is 6.09 Å². The summed E-state index contributed by atoms with van der Waals surface area (Å²) >= 11 is 0. The smallest absolute Gasteiger partial charge is 0.410 e. The Hall–Kier alpha value is -3.19. The summed E-state index contributed by atoms with van der Waals surface area (Å²) in [4.78, 5) is 25.5. The van der Waals surface area contributed by atoms with Crippen molar-refractivity contribution in [2.45, 2.75) is 26.2 Å². The largest absolute Gasteiger partial charge is 0.415 e. The minimum Gasteiger partial charge on any atom is -0.410 e. The number of hydrogen-bond donors (Lipinski definition) is 0. The molecule has 0 saturated carbocycles. The molecular weight excluding hydrogens is 402 g/mol. The Labute approximate surface area is 189 Å². The number of imidazole rings is 1. The van der Waals surface area contributed by atoms with Crippen molar-refractivity contribution in [3.8, 4) is 5.75 Å². The van der Waals surface area contributed by atoms with Gasteiger partial charge in [0.2, 0.25) is 0 Å². The van der Waals surface area contributed by atoms with Crippen LogP contribution >= 0.6 is 0 Å². The number of amides is 1. The summed E-state index contributed by atoms with van der Waals surface area (Å²) < 4.78 is 7.57. The fourth-order valence-electron chi connectivity index (χ4n) is 3.96. The lowest BCUT2D eigenvalue weighted by Crippen LogP contribution is -2.49. The molecule has 0 atom stereocenters. The molecule has 7 nitrogen and oxygen atoms in total. The predicted molar refractivity (Wildman–Crippen MR) is 124 cm³/mol. The van der Waals surface area contributed by atoms with Gasteiger partial charge in [0.1, 0.15) is 5.75 Å². The van der Waals surface area contributed by atoms with Crippen LogP contribution in [-0.2, 0) is 26.3 Å². The maximum Gasteiger partial charge on any atom is 0.415 e. The summed E-state index contributed by atoms with van der Waals surface area (Å²) in [5.74, 6) is 0.588. The summed E-state index contributed by atoms with van der Waals surface area (Å²) in [7, 11) is 1.98. The number of hydrogen-bond acceptors (Lipinski definition) is 5. The molecule has 1 amide bonds. The van der Waals surface area contributed by atoms with Gasteiger partial charge < -0.3 is 14.2 Å². The summed E-state index contributed by atoms with van der Waals surface area (Å²) in [5, 5.41) is 0. The van der Waals surface area contributed by atoms with Crippen LogP contribution in [0, 0.1) is 6.92 Å². The van der Waals surface area contributed by atoms with E-state index in [-0.39, 0.29) is 6.09 Å². The molecule has 1 saturated heterocycles. The molecule has 1 aromatic carbocycles. The highest BCUT2D eigenvalue weighted by Gasteiger charge is 2.22. The number of nitrogens with zero attached hydrogens (tertiary/aromatic N) is 5. The molecule has 32 heavy (non-hydrogen) atoms. The van der Waals surface area contributed by atoms with Crippen molar-refractivity contribution in [3.63, 3.8) is 0 Å². The number of piperazine rings is 1. The second kappa shape index (κ2) is 10.4. The molecule has 0 unspecified atom stereocenters. The van der Waals surface area contributed by atoms with Gasteiger partial charge in [-0.25, -0.2) is 9.78 Å². The van der Waals surface area contributed by atoms with E-state index < -0.39 is 0 Å². The lowest BCUT2D eigenvalue weighted by Gasteiger charge is -2.33. The third kappa shape index (κ3) is 5.95. The molecule has 168 valence electrons. The first-order valence-electron chi connectivity index (χ1n) is 11.2. The van der Waals surface area contributed by atoms with E-state index in [2.05, 4.69) is 34.1 Å². The molecule has 0 radical (unpaired) electrons. The average molecular weight is 434 g/mol. The second-order valence-corrected chi connectivity index (χ2v) is 8.39. The number of carbonyl (C=O) groups is 1. The Morgan fingerprint density at radius 3 is 2.47 bits per heavy atom. The monoisotopic (exact) mass is 433 g/mol. The number of aromatic nitrogens is 3. The van der Waals surface area contributed by atoms with E-state index in [1.165, 1.54) is 11.1 Å². The fourth-order valence-corrected chi connectivity index (χ4v) is 3.96. The standard InChI is InChI=1S/C25H31N5O2/c1-20-4-3-12-26-24(20)10-7-21-5-8-23(9-6-21)32-25(31)30-16-14-29(15-17-30)13-11-22-18-28(2)19-27-22/h3-6,8-9,12,18-19H,7,10-11,13-17H2,1-2H3. The second-order valence-electron chi connectivity index (χ2n) is 8.39. The molecule has 4 rings (SSSR count). The van der Waals surface area contributed by atoms with Crippen molar-refractivity contribution in [1.82, 2.24) is 24.3 Å². The molecule has 2 aromatic heterocycles. The molecule has 0 aliphatic carbocycles. The highest BCUT2D eigenvalue weighted by atomic mass is 16.6. The maximum atomic E-state index is 12.6. The van der Waals surface area contributed by atoms with Crippen LogP contribution < -0.4 is 4.74 Å². The zero-order valence-electron chi connectivity index (χ0n) is 18.9. The molecule has 0 N–H and O–H groups in total. The number of carbonyl (C=O) groups excluding carboxylic acids is 1. The molecule has 1 fully saturated rings. The third-order valence-corrected chi connectivity index (χ3v) is 5.97. The SMILES string of the molecule is Cc1cccnc1CCc1ccc(OC(=O)N2CCN(CCc3cn(C)cn3)CC2)cc1. The molecular formula is C25H31N5O2. The fraction of sp³-hybridized carbons (Fsp3) is 0.400. The van der Waals surface area contributed by atoms with Crippen LogP contribution in [-0.4, -0.2) is 63.2 Å². The Balaban J connectivity index is 1.20. The van der Waals surface area contributed by atoms with E-state index in [0.29, 0.717) is 18.8 Å². The van der Waals surface area contributed by atoms with E-state index >= 15 is 0 Å². The normalized spacial score (nSPS) is 14.5. The minimum absolute atomic E-state index is 0.272. The van der Waals surface area contributed by atoms with Gasteiger partial charge in [0, 0.05) is 64.3 Å². The van der Waals surface area contributed by atoms with Crippen molar-refractivity contribution in [1.29, 1.82) is 0 Å². The van der Waals surface area contributed by atoms with Gasteiger partial charge in [0.25, 0.3) is 0 Å². The van der Waals surface area contributed by atoms with Crippen molar-refractivity contribution in [3.05, 3.63) is 77.6 Å². The van der Waals surface area contributed by atoms with Crippen LogP contribution in [0.25, 0.3) is 0 Å². The Morgan fingerprint density at radius 1 is 1.00 bits per heavy atom. The lowest BCUT2D eigenvalue weighted by molar-refractivity contribution is 0.111. The highest BCUT2D eigenvalue weighted by molar-refractivity contribution is 5.70. The highest BCUT2D eigenvalue weighted by Crippen LogP contribution is 2.16. The van der Waals surface area contributed by atoms with Crippen molar-refractivity contribution in [2.24, 2.45) is 7.05 Å². The molecule has 3 aromatic rings. The van der Waals surface area contributed by atoms with Crippen molar-refractivity contribution < 1.29 is 9.53 Å². The summed E-state index contributed by atoms with van der Waals surface area (Å²) in [5.41, 5.74) is 4.65. The van der Waals surface area contributed by atoms with E-state index in [1.54, 1.807) is 4.90 Å². The summed E-state index contributed by atoms with van der Waals surface area (Å²) in [6.07, 6.45) is 8.19. The number of benzene rings is 1. The van der Waals surface area contributed by atoms with E-state index in [4.69, 9.17) is 4.74 Å². The van der Waals surface area contributed by atoms with Crippen molar-refractivity contribution in [2.75, 3.05) is 32.7 Å². The van der Waals surface area contributed by atoms with Gasteiger partial charge in [-0.1, -0.05) is 18.2 Å². The average Bonchev–Trinajstić information content (AvgIpc) is 3.23. The van der Waals surface area contributed by atoms with Crippen molar-refractivity contribution >= 4 is 6.09 Å². The first kappa shape index (κ1) is 22.0. The number of ether oxygens (including phenoxy) is 1. The minimum atomic E-state index is -0.272. The van der Waals surface area contributed by atoms with Gasteiger partial charge in [-0.05, 0) is 49.1 Å². The molecule has 1 aliphatic rings. The lowest BCUT2D eigenvalue weighted by atomic mass is 10.1. The van der Waals surface area contributed by atoms with Gasteiger partial charge in [-0.2, -0.15) is 0 Å². The Kier molecular flexibility index (Phi) is 7.17. The number of rotatable bonds is 7. The summed E-state index contributed by atoms with van der Waals surface area (Å²) in [6, 6.07) is 11.9. The molecule has 3 heterocycles. The zero-order chi connectivity index (χ0) is 22.3. The first-order valence-corrected chi connectivity index (χ1v) is 11.2. The van der Waals surface area contributed by atoms with E-state index in [1.807, 2.05) is 54.5 Å². The van der Waals surface area contributed by atoms with Gasteiger partial charge in [0.05, 0.1) is 12.0 Å². The van der Waals surface area contributed by atoms with Crippen LogP contribution in [0.1, 0.15) is 22.5 Å². The predicted octanol–water partition coefficient (Wildman–Crippen LogP) is 3.27. The number of pyridine rings is 1. The van der Waals surface area contributed by atoms with Crippen LogP contribution in [0.15, 0.2) is 55.1 Å². The Morgan fingerprint density at radius 2 is 1.78 bits per heavy atom. The van der Waals surface area contributed by atoms with Gasteiger partial charge in [-0.15, -0.1) is 0 Å². The molecule has 0 bridgehead atoms. The molecule has 1 aliphatic heterocycles. The summed E-state index contributed by atoms with van der Waals surface area (Å²) in [6.45, 7) is 6.12. The van der Waals surface area contributed by atoms with Crippen LogP contribution in [0.5, 0.6) is 5.75 Å². The van der Waals surface area contributed by atoms with E-state index in [9.17, 15) is 4.79 Å². The van der Waals surface area contributed by atoms with E-state index in [0.717, 1.165) is 50.3 Å². The molecule has 0 spiro atoms. The van der Waals surface area contributed by atoms with Gasteiger partial charge in [0.15, 0.2) is 0 Å². The van der Waals surface area contributed by atoms with Gasteiger partial charge in [-0.3, -0.25) is 9.88 Å². The molecule has 7 heteroatoms. The maximum absolute atomic E-state index is 12.6. The first-order chi connectivity index (χ1) is 15.6. The third-order valence-electron chi connectivity index (χ3n) is 5.97. The quantitative estimate of drug-likeness (QED) is 0.572.